The predicted octanol–water partition coefficient (Wildman–Crippen LogP) is -1.32. The van der Waals surface area contributed by atoms with Crippen LogP contribution >= 0.6 is 0 Å². The quantitative estimate of drug-likeness (QED) is 0.560. The second-order valence-electron chi connectivity index (χ2n) is 3.35. The standard InChI is InChI=1S/C8H15N3O2/c1-6(9)4-11-5-7(12)10-3-2-8(11)13/h6H,2-5,9H2,1H3,(H,10,12). The number of hydrogen-bond donors (Lipinski definition) is 2. The molecule has 0 aromatic rings. The zero-order valence-corrected chi connectivity index (χ0v) is 7.75. The summed E-state index contributed by atoms with van der Waals surface area (Å²) < 4.78 is 0. The van der Waals surface area contributed by atoms with Crippen LogP contribution in [0.5, 0.6) is 0 Å². The van der Waals surface area contributed by atoms with Crippen molar-refractivity contribution in [2.75, 3.05) is 19.6 Å². The maximum atomic E-state index is 11.4. The molecule has 0 saturated carbocycles. The maximum absolute atomic E-state index is 11.4. The fourth-order valence-corrected chi connectivity index (χ4v) is 1.30. The van der Waals surface area contributed by atoms with E-state index in [0.29, 0.717) is 19.5 Å². The van der Waals surface area contributed by atoms with Gasteiger partial charge in [0.15, 0.2) is 0 Å². The van der Waals surface area contributed by atoms with Crippen molar-refractivity contribution in [3.63, 3.8) is 0 Å². The molecule has 0 bridgehead atoms. The average Bonchev–Trinajstić information content (AvgIpc) is 2.14. The topological polar surface area (TPSA) is 75.4 Å². The average molecular weight is 185 g/mol. The molecule has 1 atom stereocenters. The number of nitrogens with one attached hydrogen (secondary N) is 1. The molecule has 0 radical (unpaired) electrons. The summed E-state index contributed by atoms with van der Waals surface area (Å²) in [5, 5.41) is 2.64. The van der Waals surface area contributed by atoms with Crippen LogP contribution in [0.2, 0.25) is 0 Å². The van der Waals surface area contributed by atoms with Gasteiger partial charge in [-0.15, -0.1) is 0 Å². The monoisotopic (exact) mass is 185 g/mol. The molecule has 0 aromatic carbocycles. The summed E-state index contributed by atoms with van der Waals surface area (Å²) in [6.07, 6.45) is 0.373. The van der Waals surface area contributed by atoms with Gasteiger partial charge >= 0.3 is 0 Å². The number of rotatable bonds is 2. The molecule has 1 fully saturated rings. The molecule has 1 heterocycles. The van der Waals surface area contributed by atoms with Gasteiger partial charge in [-0.25, -0.2) is 0 Å². The lowest BCUT2D eigenvalue weighted by molar-refractivity contribution is -0.133. The second kappa shape index (κ2) is 4.23. The van der Waals surface area contributed by atoms with Gasteiger partial charge in [0, 0.05) is 25.6 Å². The van der Waals surface area contributed by atoms with Crippen LogP contribution < -0.4 is 11.1 Å². The van der Waals surface area contributed by atoms with Crippen LogP contribution in [0.4, 0.5) is 0 Å². The first-order valence-electron chi connectivity index (χ1n) is 4.39. The van der Waals surface area contributed by atoms with E-state index in [2.05, 4.69) is 5.32 Å². The van der Waals surface area contributed by atoms with Gasteiger partial charge < -0.3 is 16.0 Å². The van der Waals surface area contributed by atoms with Crippen LogP contribution in [0.15, 0.2) is 0 Å². The van der Waals surface area contributed by atoms with E-state index in [1.165, 1.54) is 4.90 Å². The Morgan fingerprint density at radius 3 is 2.92 bits per heavy atom. The van der Waals surface area contributed by atoms with E-state index >= 15 is 0 Å². The van der Waals surface area contributed by atoms with Gasteiger partial charge in [-0.3, -0.25) is 9.59 Å². The third-order valence-corrected chi connectivity index (χ3v) is 1.86. The summed E-state index contributed by atoms with van der Waals surface area (Å²) in [6, 6.07) is -0.0881. The normalized spacial score (nSPS) is 20.9. The molecule has 0 spiro atoms. The van der Waals surface area contributed by atoms with Crippen molar-refractivity contribution in [1.29, 1.82) is 0 Å². The lowest BCUT2D eigenvalue weighted by Gasteiger charge is -2.20. The minimum Gasteiger partial charge on any atom is -0.354 e. The molecule has 5 heteroatoms. The fourth-order valence-electron chi connectivity index (χ4n) is 1.30. The Hall–Kier alpha value is -1.10. The van der Waals surface area contributed by atoms with E-state index in [1.807, 2.05) is 6.92 Å². The number of carbonyl (C=O) groups is 2. The predicted molar refractivity (Wildman–Crippen MR) is 47.9 cm³/mol. The number of hydrogen-bond acceptors (Lipinski definition) is 3. The van der Waals surface area contributed by atoms with Crippen molar-refractivity contribution < 1.29 is 9.59 Å². The SMILES string of the molecule is CC(N)CN1CC(=O)NCCC1=O. The molecule has 1 saturated heterocycles. The van der Waals surface area contributed by atoms with Gasteiger partial charge in [0.2, 0.25) is 11.8 Å². The first-order valence-corrected chi connectivity index (χ1v) is 4.39. The highest BCUT2D eigenvalue weighted by Crippen LogP contribution is 1.99. The molecular formula is C8H15N3O2. The highest BCUT2D eigenvalue weighted by Gasteiger charge is 2.21. The van der Waals surface area contributed by atoms with E-state index in [-0.39, 0.29) is 24.4 Å². The fraction of sp³-hybridized carbons (Fsp3) is 0.750. The third kappa shape index (κ3) is 3.02. The van der Waals surface area contributed by atoms with Crippen LogP contribution in [0.3, 0.4) is 0 Å². The molecule has 1 aliphatic heterocycles. The molecule has 0 aromatic heterocycles. The molecule has 3 N–H and O–H groups in total. The molecule has 1 aliphatic rings. The Bertz CT molecular complexity index is 215. The smallest absolute Gasteiger partial charge is 0.239 e. The van der Waals surface area contributed by atoms with Crippen molar-refractivity contribution >= 4 is 11.8 Å². The Morgan fingerprint density at radius 1 is 1.62 bits per heavy atom. The number of carbonyl (C=O) groups excluding carboxylic acids is 2. The first kappa shape index (κ1) is 9.98. The summed E-state index contributed by atoms with van der Waals surface area (Å²) in [4.78, 5) is 24.0. The number of nitrogens with two attached hydrogens (primary N) is 1. The molecule has 13 heavy (non-hydrogen) atoms. The van der Waals surface area contributed by atoms with Crippen molar-refractivity contribution in [3.05, 3.63) is 0 Å². The van der Waals surface area contributed by atoms with Gasteiger partial charge in [0.05, 0.1) is 6.54 Å². The van der Waals surface area contributed by atoms with Crippen molar-refractivity contribution in [1.82, 2.24) is 10.2 Å². The van der Waals surface area contributed by atoms with Crippen molar-refractivity contribution in [3.8, 4) is 0 Å². The highest BCUT2D eigenvalue weighted by molar-refractivity contribution is 5.87. The van der Waals surface area contributed by atoms with Gasteiger partial charge in [-0.2, -0.15) is 0 Å². The van der Waals surface area contributed by atoms with E-state index in [4.69, 9.17) is 5.73 Å². The molecule has 0 aliphatic carbocycles. The van der Waals surface area contributed by atoms with E-state index in [0.717, 1.165) is 0 Å². The van der Waals surface area contributed by atoms with Crippen LogP contribution in [-0.4, -0.2) is 42.4 Å². The number of nitrogens with zero attached hydrogens (tertiary/aromatic N) is 1. The molecule has 5 nitrogen and oxygen atoms in total. The molecule has 74 valence electrons. The van der Waals surface area contributed by atoms with Crippen molar-refractivity contribution in [2.24, 2.45) is 5.73 Å². The zero-order valence-electron chi connectivity index (χ0n) is 7.75. The lowest BCUT2D eigenvalue weighted by Crippen LogP contribution is -2.42. The lowest BCUT2D eigenvalue weighted by atomic mass is 10.3. The summed E-state index contributed by atoms with van der Waals surface area (Å²) in [6.45, 7) is 2.84. The van der Waals surface area contributed by atoms with Crippen LogP contribution in [0.25, 0.3) is 0 Å². The Labute approximate surface area is 77.3 Å². The van der Waals surface area contributed by atoms with Crippen LogP contribution in [0.1, 0.15) is 13.3 Å². The molecule has 2 amide bonds. The van der Waals surface area contributed by atoms with Crippen LogP contribution in [-0.2, 0) is 9.59 Å². The summed E-state index contributed by atoms with van der Waals surface area (Å²) >= 11 is 0. The molecule has 1 unspecified atom stereocenters. The Morgan fingerprint density at radius 2 is 2.31 bits per heavy atom. The maximum Gasteiger partial charge on any atom is 0.239 e. The first-order chi connectivity index (χ1) is 6.09. The summed E-state index contributed by atoms with van der Waals surface area (Å²) in [5.41, 5.74) is 5.56. The minimum atomic E-state index is -0.105. The summed E-state index contributed by atoms with van der Waals surface area (Å²) in [5.74, 6) is -0.109. The Balaban J connectivity index is 2.56. The number of amides is 2. The molecule has 1 rings (SSSR count). The second-order valence-corrected chi connectivity index (χ2v) is 3.35. The van der Waals surface area contributed by atoms with E-state index in [1.54, 1.807) is 0 Å². The van der Waals surface area contributed by atoms with E-state index in [9.17, 15) is 9.59 Å². The van der Waals surface area contributed by atoms with Gasteiger partial charge in [-0.1, -0.05) is 0 Å². The van der Waals surface area contributed by atoms with E-state index < -0.39 is 0 Å². The van der Waals surface area contributed by atoms with Crippen molar-refractivity contribution in [2.45, 2.75) is 19.4 Å². The zero-order chi connectivity index (χ0) is 9.84. The minimum absolute atomic E-state index is 0.00403. The van der Waals surface area contributed by atoms with Crippen LogP contribution in [0, 0.1) is 0 Å². The Kier molecular flexibility index (Phi) is 3.25. The largest absolute Gasteiger partial charge is 0.354 e. The molecular weight excluding hydrogens is 170 g/mol. The third-order valence-electron chi connectivity index (χ3n) is 1.86. The van der Waals surface area contributed by atoms with Gasteiger partial charge in [0.25, 0.3) is 0 Å². The van der Waals surface area contributed by atoms with Gasteiger partial charge in [-0.05, 0) is 6.92 Å². The summed E-state index contributed by atoms with van der Waals surface area (Å²) in [7, 11) is 0. The highest BCUT2D eigenvalue weighted by atomic mass is 16.2. The van der Waals surface area contributed by atoms with Gasteiger partial charge in [0.1, 0.15) is 0 Å².